The lowest BCUT2D eigenvalue weighted by molar-refractivity contribution is -0.132. The van der Waals surface area contributed by atoms with E-state index in [4.69, 9.17) is 16.3 Å². The molecule has 7 heteroatoms. The normalized spacial score (nSPS) is 15.1. The molecule has 3 rings (SSSR count). The molecule has 2 amide bonds. The molecule has 1 aliphatic rings. The Hall–Kier alpha value is -2.02. The average Bonchev–Trinajstić information content (AvgIpc) is 2.74. The highest BCUT2D eigenvalue weighted by molar-refractivity contribution is 8.00. The first-order valence-electron chi connectivity index (χ1n) is 9.16. The number of thioether (sulfide) groups is 1. The SMILES string of the molecule is O=C(CSCC(=O)N1CCOCC1)NC(c1ccccc1)c1ccc(Cl)cc1. The predicted octanol–water partition coefficient (Wildman–Crippen LogP) is 3.14. The number of rotatable bonds is 7. The van der Waals surface area contributed by atoms with Gasteiger partial charge < -0.3 is 15.0 Å². The van der Waals surface area contributed by atoms with Gasteiger partial charge in [0.25, 0.3) is 0 Å². The Morgan fingerprint density at radius 3 is 2.32 bits per heavy atom. The van der Waals surface area contributed by atoms with Crippen molar-refractivity contribution in [2.24, 2.45) is 0 Å². The van der Waals surface area contributed by atoms with Crippen LogP contribution in [-0.2, 0) is 14.3 Å². The van der Waals surface area contributed by atoms with Gasteiger partial charge in [0.2, 0.25) is 11.8 Å². The van der Waals surface area contributed by atoms with Crippen molar-refractivity contribution >= 4 is 35.2 Å². The summed E-state index contributed by atoms with van der Waals surface area (Å²) in [6.45, 7) is 2.41. The lowest BCUT2D eigenvalue weighted by Gasteiger charge is -2.26. The quantitative estimate of drug-likeness (QED) is 0.750. The van der Waals surface area contributed by atoms with Gasteiger partial charge in [-0.3, -0.25) is 9.59 Å². The molecule has 5 nitrogen and oxygen atoms in total. The van der Waals surface area contributed by atoms with Crippen molar-refractivity contribution in [3.63, 3.8) is 0 Å². The van der Waals surface area contributed by atoms with Crippen molar-refractivity contribution in [2.75, 3.05) is 37.8 Å². The van der Waals surface area contributed by atoms with Gasteiger partial charge in [0.05, 0.1) is 30.8 Å². The second kappa shape index (κ2) is 10.5. The van der Waals surface area contributed by atoms with Crippen LogP contribution in [0.5, 0.6) is 0 Å². The van der Waals surface area contributed by atoms with Crippen LogP contribution in [0.4, 0.5) is 0 Å². The number of carbonyl (C=O) groups excluding carboxylic acids is 2. The van der Waals surface area contributed by atoms with Crippen molar-refractivity contribution in [3.05, 3.63) is 70.7 Å². The van der Waals surface area contributed by atoms with Crippen molar-refractivity contribution < 1.29 is 14.3 Å². The third kappa shape index (κ3) is 5.99. The number of carbonyl (C=O) groups is 2. The first-order valence-corrected chi connectivity index (χ1v) is 10.7. The van der Waals surface area contributed by atoms with Crippen LogP contribution >= 0.6 is 23.4 Å². The van der Waals surface area contributed by atoms with Gasteiger partial charge in [-0.1, -0.05) is 54.1 Å². The van der Waals surface area contributed by atoms with E-state index in [1.54, 1.807) is 4.90 Å². The Bertz CT molecular complexity index is 780. The van der Waals surface area contributed by atoms with E-state index in [1.807, 2.05) is 54.6 Å². The number of halogens is 1. The number of ether oxygens (including phenoxy) is 1. The zero-order chi connectivity index (χ0) is 19.8. The zero-order valence-corrected chi connectivity index (χ0v) is 17.0. The highest BCUT2D eigenvalue weighted by Crippen LogP contribution is 2.23. The molecule has 0 aromatic heterocycles. The van der Waals surface area contributed by atoms with Crippen molar-refractivity contribution in [2.45, 2.75) is 6.04 Å². The van der Waals surface area contributed by atoms with E-state index in [-0.39, 0.29) is 23.6 Å². The molecular formula is C21H23ClN2O3S. The number of nitrogens with zero attached hydrogens (tertiary/aromatic N) is 1. The van der Waals surface area contributed by atoms with Crippen molar-refractivity contribution in [3.8, 4) is 0 Å². The standard InChI is InChI=1S/C21H23ClN2O3S/c22-18-8-6-17(7-9-18)21(16-4-2-1-3-5-16)23-19(25)14-28-15-20(26)24-10-12-27-13-11-24/h1-9,21H,10-15H2,(H,23,25). The van der Waals surface area contributed by atoms with E-state index >= 15 is 0 Å². The summed E-state index contributed by atoms with van der Waals surface area (Å²) in [5.74, 6) is 0.471. The van der Waals surface area contributed by atoms with Crippen LogP contribution in [-0.4, -0.2) is 54.5 Å². The van der Waals surface area contributed by atoms with Crippen LogP contribution in [0.2, 0.25) is 5.02 Å². The summed E-state index contributed by atoms with van der Waals surface area (Å²) in [7, 11) is 0. The number of morpholine rings is 1. The van der Waals surface area contributed by atoms with Crippen LogP contribution < -0.4 is 5.32 Å². The summed E-state index contributed by atoms with van der Waals surface area (Å²) in [6.07, 6.45) is 0. The number of amides is 2. The fourth-order valence-electron chi connectivity index (χ4n) is 3.00. The lowest BCUT2D eigenvalue weighted by Crippen LogP contribution is -2.41. The molecule has 1 heterocycles. The molecule has 1 aliphatic heterocycles. The Kier molecular flexibility index (Phi) is 7.77. The Morgan fingerprint density at radius 1 is 1.00 bits per heavy atom. The number of benzene rings is 2. The number of hydrogen-bond donors (Lipinski definition) is 1. The molecule has 28 heavy (non-hydrogen) atoms. The summed E-state index contributed by atoms with van der Waals surface area (Å²) in [4.78, 5) is 26.5. The minimum absolute atomic E-state index is 0.0541. The Balaban J connectivity index is 1.57. The van der Waals surface area contributed by atoms with Gasteiger partial charge in [0, 0.05) is 18.1 Å². The van der Waals surface area contributed by atoms with Crippen molar-refractivity contribution in [1.82, 2.24) is 10.2 Å². The fourth-order valence-corrected chi connectivity index (χ4v) is 3.85. The molecule has 1 fully saturated rings. The van der Waals surface area contributed by atoms with E-state index < -0.39 is 0 Å². The van der Waals surface area contributed by atoms with Crippen LogP contribution in [0.25, 0.3) is 0 Å². The largest absolute Gasteiger partial charge is 0.378 e. The highest BCUT2D eigenvalue weighted by atomic mass is 35.5. The summed E-state index contributed by atoms with van der Waals surface area (Å²) < 4.78 is 5.25. The van der Waals surface area contributed by atoms with Gasteiger partial charge in [-0.25, -0.2) is 0 Å². The maximum atomic E-state index is 12.5. The molecular weight excluding hydrogens is 396 g/mol. The highest BCUT2D eigenvalue weighted by Gasteiger charge is 2.19. The third-order valence-corrected chi connectivity index (χ3v) is 5.63. The number of nitrogens with one attached hydrogen (secondary N) is 1. The molecule has 0 aliphatic carbocycles. The number of hydrogen-bond acceptors (Lipinski definition) is 4. The van der Waals surface area contributed by atoms with Gasteiger partial charge in [0.1, 0.15) is 0 Å². The summed E-state index contributed by atoms with van der Waals surface area (Å²) in [6, 6.07) is 17.0. The van der Waals surface area contributed by atoms with Crippen LogP contribution in [0, 0.1) is 0 Å². The molecule has 1 N–H and O–H groups in total. The van der Waals surface area contributed by atoms with Crippen LogP contribution in [0.3, 0.4) is 0 Å². The van der Waals surface area contributed by atoms with Gasteiger partial charge >= 0.3 is 0 Å². The smallest absolute Gasteiger partial charge is 0.232 e. The summed E-state index contributed by atoms with van der Waals surface area (Å²) >= 11 is 7.33. The molecule has 1 saturated heterocycles. The van der Waals surface area contributed by atoms with Gasteiger partial charge in [-0.05, 0) is 23.3 Å². The minimum Gasteiger partial charge on any atom is -0.378 e. The first kappa shape index (κ1) is 20.7. The summed E-state index contributed by atoms with van der Waals surface area (Å²) in [5.41, 5.74) is 1.95. The molecule has 1 unspecified atom stereocenters. The topological polar surface area (TPSA) is 58.6 Å². The van der Waals surface area contributed by atoms with E-state index in [0.29, 0.717) is 37.1 Å². The molecule has 0 saturated carbocycles. The second-order valence-corrected chi connectivity index (χ2v) is 7.87. The maximum absolute atomic E-state index is 12.5. The van der Waals surface area contributed by atoms with Gasteiger partial charge in [-0.15, -0.1) is 11.8 Å². The first-order chi connectivity index (χ1) is 13.6. The Labute approximate surface area is 174 Å². The molecule has 0 spiro atoms. The van der Waals surface area contributed by atoms with Crippen LogP contribution in [0.1, 0.15) is 17.2 Å². The predicted molar refractivity (Wildman–Crippen MR) is 113 cm³/mol. The fraction of sp³-hybridized carbons (Fsp3) is 0.333. The average molecular weight is 419 g/mol. The van der Waals surface area contributed by atoms with Crippen LogP contribution in [0.15, 0.2) is 54.6 Å². The van der Waals surface area contributed by atoms with E-state index in [1.165, 1.54) is 11.8 Å². The molecule has 1 atom stereocenters. The molecule has 0 radical (unpaired) electrons. The molecule has 148 valence electrons. The van der Waals surface area contributed by atoms with Gasteiger partial charge in [0.15, 0.2) is 0 Å². The minimum atomic E-state index is -0.262. The van der Waals surface area contributed by atoms with E-state index in [0.717, 1.165) is 11.1 Å². The molecule has 2 aromatic carbocycles. The molecule has 2 aromatic rings. The summed E-state index contributed by atoms with van der Waals surface area (Å²) in [5, 5.41) is 3.73. The van der Waals surface area contributed by atoms with E-state index in [9.17, 15) is 9.59 Å². The second-order valence-electron chi connectivity index (χ2n) is 6.45. The van der Waals surface area contributed by atoms with Crippen molar-refractivity contribution in [1.29, 1.82) is 0 Å². The maximum Gasteiger partial charge on any atom is 0.232 e. The molecule has 0 bridgehead atoms. The monoisotopic (exact) mass is 418 g/mol. The Morgan fingerprint density at radius 2 is 1.64 bits per heavy atom. The lowest BCUT2D eigenvalue weighted by atomic mass is 9.99. The zero-order valence-electron chi connectivity index (χ0n) is 15.5. The van der Waals surface area contributed by atoms with E-state index in [2.05, 4.69) is 5.32 Å². The third-order valence-electron chi connectivity index (χ3n) is 4.46. The van der Waals surface area contributed by atoms with Gasteiger partial charge in [-0.2, -0.15) is 0 Å².